The van der Waals surface area contributed by atoms with Crippen LogP contribution in [0.4, 0.5) is 10.2 Å². The first-order valence-electron chi connectivity index (χ1n) is 9.38. The lowest BCUT2D eigenvalue weighted by Crippen LogP contribution is -2.18. The zero-order valence-electron chi connectivity index (χ0n) is 16.7. The van der Waals surface area contributed by atoms with E-state index in [2.05, 4.69) is 28.0 Å². The third-order valence-electron chi connectivity index (χ3n) is 4.81. The van der Waals surface area contributed by atoms with Gasteiger partial charge in [-0.3, -0.25) is 5.41 Å². The monoisotopic (exact) mass is 426 g/mol. The molecule has 1 aromatic carbocycles. The molecule has 0 saturated carbocycles. The lowest BCUT2D eigenvalue weighted by atomic mass is 9.92. The predicted molar refractivity (Wildman–Crippen MR) is 118 cm³/mol. The highest BCUT2D eigenvalue weighted by Gasteiger charge is 2.23. The number of nitrogens with one attached hydrogen (secondary N) is 3. The summed E-state index contributed by atoms with van der Waals surface area (Å²) >= 11 is 4.28. The van der Waals surface area contributed by atoms with Gasteiger partial charge in [-0.1, -0.05) is 0 Å². The number of thiol groups is 1. The number of fused-ring (bicyclic) bond motifs is 3. The molecule has 0 unspecified atom stereocenters. The molecule has 0 saturated heterocycles. The molecule has 0 fully saturated rings. The van der Waals surface area contributed by atoms with Crippen LogP contribution in [0, 0.1) is 16.8 Å². The van der Waals surface area contributed by atoms with Crippen molar-refractivity contribution in [1.29, 1.82) is 10.9 Å². The summed E-state index contributed by atoms with van der Waals surface area (Å²) < 4.78 is 20.1. The lowest BCUT2D eigenvalue weighted by molar-refractivity contribution is 0.227. The molecule has 156 valence electrons. The van der Waals surface area contributed by atoms with Gasteiger partial charge in [-0.2, -0.15) is 17.7 Å². The Kier molecular flexibility index (Phi) is 6.51. The molecule has 30 heavy (non-hydrogen) atoms. The molecule has 2 aromatic rings. The van der Waals surface area contributed by atoms with E-state index >= 15 is 0 Å². The second-order valence-corrected chi connectivity index (χ2v) is 7.03. The highest BCUT2D eigenvalue weighted by atomic mass is 32.1. The van der Waals surface area contributed by atoms with E-state index in [1.807, 2.05) is 6.92 Å². The van der Waals surface area contributed by atoms with Crippen LogP contribution in [0.15, 0.2) is 52.3 Å². The SMILES string of the molecule is CCN/C1=C(\N=N)C/C(=C/S)C(=N)c2ccc(F)cc2[C@@H](C)Oc2cc1cnc2N. The van der Waals surface area contributed by atoms with Crippen molar-refractivity contribution in [2.45, 2.75) is 26.4 Å². The second-order valence-electron chi connectivity index (χ2n) is 6.77. The second kappa shape index (κ2) is 9.08. The van der Waals surface area contributed by atoms with Crippen molar-refractivity contribution >= 4 is 29.9 Å². The number of benzene rings is 1. The number of anilines is 1. The van der Waals surface area contributed by atoms with E-state index in [0.717, 1.165) is 0 Å². The van der Waals surface area contributed by atoms with Crippen molar-refractivity contribution in [3.63, 3.8) is 0 Å². The van der Waals surface area contributed by atoms with Crippen LogP contribution in [0.3, 0.4) is 0 Å². The van der Waals surface area contributed by atoms with Crippen molar-refractivity contribution in [2.75, 3.05) is 12.3 Å². The maximum atomic E-state index is 14.0. The Morgan fingerprint density at radius 1 is 1.43 bits per heavy atom. The Balaban J connectivity index is 2.30. The van der Waals surface area contributed by atoms with E-state index in [-0.39, 0.29) is 18.0 Å². The fourth-order valence-electron chi connectivity index (χ4n) is 3.32. The maximum Gasteiger partial charge on any atom is 0.166 e. The Morgan fingerprint density at radius 2 is 2.20 bits per heavy atom. The first-order chi connectivity index (χ1) is 14.4. The number of allylic oxidation sites excluding steroid dienone is 1. The summed E-state index contributed by atoms with van der Waals surface area (Å²) in [6.45, 7) is 4.28. The number of hydrogen-bond acceptors (Lipinski definition) is 8. The molecule has 0 spiro atoms. The summed E-state index contributed by atoms with van der Waals surface area (Å²) in [5.41, 5.74) is 17.1. The molecule has 2 heterocycles. The van der Waals surface area contributed by atoms with Crippen LogP contribution in [0.1, 0.15) is 43.1 Å². The summed E-state index contributed by atoms with van der Waals surface area (Å²) in [6.07, 6.45) is 1.16. The van der Waals surface area contributed by atoms with Gasteiger partial charge in [-0.05, 0) is 49.1 Å². The van der Waals surface area contributed by atoms with Crippen LogP contribution < -0.4 is 15.8 Å². The van der Waals surface area contributed by atoms with Crippen LogP contribution in [-0.2, 0) is 0 Å². The summed E-state index contributed by atoms with van der Waals surface area (Å²) in [5, 5.41) is 17.2. The van der Waals surface area contributed by atoms with Crippen molar-refractivity contribution in [1.82, 2.24) is 10.3 Å². The minimum Gasteiger partial charge on any atom is -0.482 e. The van der Waals surface area contributed by atoms with Crippen LogP contribution >= 0.6 is 12.6 Å². The first-order valence-corrected chi connectivity index (χ1v) is 9.90. The van der Waals surface area contributed by atoms with Crippen molar-refractivity contribution in [3.05, 3.63) is 69.6 Å². The smallest absolute Gasteiger partial charge is 0.166 e. The summed E-state index contributed by atoms with van der Waals surface area (Å²) in [6, 6.07) is 5.91. The van der Waals surface area contributed by atoms with Gasteiger partial charge in [0.05, 0.1) is 17.1 Å². The number of pyridine rings is 1. The molecular formula is C21H23FN6OS. The molecular weight excluding hydrogens is 403 g/mol. The number of nitrogens with two attached hydrogens (primary N) is 1. The number of nitrogens with zero attached hydrogens (tertiary/aromatic N) is 2. The number of hydrogen-bond donors (Lipinski definition) is 5. The van der Waals surface area contributed by atoms with Gasteiger partial charge in [-0.15, -0.1) is 0 Å². The summed E-state index contributed by atoms with van der Waals surface area (Å²) in [5.74, 6) is 0.0790. The summed E-state index contributed by atoms with van der Waals surface area (Å²) in [4.78, 5) is 4.22. The number of halogens is 1. The van der Waals surface area contributed by atoms with E-state index in [0.29, 0.717) is 46.0 Å². The van der Waals surface area contributed by atoms with E-state index in [1.54, 1.807) is 25.3 Å². The Morgan fingerprint density at radius 3 is 2.87 bits per heavy atom. The van der Waals surface area contributed by atoms with Crippen LogP contribution in [0.2, 0.25) is 0 Å². The molecule has 0 amide bonds. The van der Waals surface area contributed by atoms with Crippen LogP contribution in [0.5, 0.6) is 5.75 Å². The number of rotatable bonds is 3. The molecule has 1 aliphatic rings. The van der Waals surface area contributed by atoms with Crippen LogP contribution in [-0.4, -0.2) is 17.2 Å². The fraction of sp³-hybridized carbons (Fsp3) is 0.238. The topological polar surface area (TPSA) is 120 Å². The molecule has 2 bridgehead atoms. The van der Waals surface area contributed by atoms with Crippen LogP contribution in [0.25, 0.3) is 5.70 Å². The Hall–Kier alpha value is -3.20. The third kappa shape index (κ3) is 4.20. The van der Waals surface area contributed by atoms with Gasteiger partial charge in [-0.25, -0.2) is 14.9 Å². The minimum atomic E-state index is -0.595. The molecule has 0 aliphatic carbocycles. The highest BCUT2D eigenvalue weighted by molar-refractivity contribution is 7.83. The molecule has 1 aromatic heterocycles. The molecule has 0 radical (unpaired) electrons. The third-order valence-corrected chi connectivity index (χ3v) is 5.12. The van der Waals surface area contributed by atoms with Gasteiger partial charge in [0.1, 0.15) is 11.9 Å². The molecule has 9 heteroatoms. The van der Waals surface area contributed by atoms with Crippen molar-refractivity contribution in [2.24, 2.45) is 5.11 Å². The van der Waals surface area contributed by atoms with E-state index in [9.17, 15) is 4.39 Å². The van der Waals surface area contributed by atoms with E-state index in [1.165, 1.54) is 17.5 Å². The molecule has 1 atom stereocenters. The first kappa shape index (κ1) is 21.5. The standard InChI is InChI=1S/C21H23FN6OS/c1-3-26-20-12-7-18(21(24)27-9-12)29-11(2)16-8-14(22)4-5-15(16)19(23)13(10-30)6-17(20)28-25/h4-5,7-11,23,25-26,30H,3,6H2,1-2H3,(H2,24,27)/b13-10-,20-17-,23-19?,28-25?/t11-/m1/s1. The lowest BCUT2D eigenvalue weighted by Gasteiger charge is -2.23. The van der Waals surface area contributed by atoms with E-state index in [4.69, 9.17) is 21.4 Å². The summed E-state index contributed by atoms with van der Waals surface area (Å²) in [7, 11) is 0. The van der Waals surface area contributed by atoms with Crippen molar-refractivity contribution < 1.29 is 9.13 Å². The molecule has 1 aliphatic heterocycles. The predicted octanol–water partition coefficient (Wildman–Crippen LogP) is 4.84. The molecule has 5 N–H and O–H groups in total. The number of aromatic nitrogens is 1. The largest absolute Gasteiger partial charge is 0.482 e. The quantitative estimate of drug-likeness (QED) is 0.356. The zero-order chi connectivity index (χ0) is 21.8. The number of nitrogen functional groups attached to an aromatic ring is 1. The van der Waals surface area contributed by atoms with Gasteiger partial charge in [0, 0.05) is 35.9 Å². The average molecular weight is 427 g/mol. The Labute approximate surface area is 179 Å². The average Bonchev–Trinajstić information content (AvgIpc) is 2.74. The van der Waals surface area contributed by atoms with Gasteiger partial charge in [0.2, 0.25) is 0 Å². The van der Waals surface area contributed by atoms with Crippen molar-refractivity contribution in [3.8, 4) is 5.75 Å². The zero-order valence-corrected chi connectivity index (χ0v) is 17.6. The highest BCUT2D eigenvalue weighted by Crippen LogP contribution is 2.34. The fourth-order valence-corrected chi connectivity index (χ4v) is 3.54. The van der Waals surface area contributed by atoms with E-state index < -0.39 is 11.9 Å². The normalized spacial score (nSPS) is 20.6. The molecule has 3 rings (SSSR count). The Bertz CT molecular complexity index is 1070. The maximum absolute atomic E-state index is 14.0. The van der Waals surface area contributed by atoms with Gasteiger partial charge < -0.3 is 15.8 Å². The van der Waals surface area contributed by atoms with Gasteiger partial charge in [0.25, 0.3) is 0 Å². The van der Waals surface area contributed by atoms with Gasteiger partial charge >= 0.3 is 0 Å². The van der Waals surface area contributed by atoms with Gasteiger partial charge in [0.15, 0.2) is 11.6 Å². The number of ether oxygens (including phenoxy) is 1. The minimum absolute atomic E-state index is 0.155. The molecule has 7 nitrogen and oxygen atoms in total.